The summed E-state index contributed by atoms with van der Waals surface area (Å²) in [6.07, 6.45) is 2.39. The number of hydrazine groups is 1. The monoisotopic (exact) mass is 264 g/mol. The molecule has 0 aliphatic heterocycles. The molecule has 0 saturated heterocycles. The minimum Gasteiger partial charge on any atom is -0.370 e. The van der Waals surface area contributed by atoms with Gasteiger partial charge in [0.1, 0.15) is 11.9 Å². The van der Waals surface area contributed by atoms with Crippen molar-refractivity contribution in [2.45, 2.75) is 52.1 Å². The van der Waals surface area contributed by atoms with Crippen molar-refractivity contribution in [3.63, 3.8) is 0 Å². The first-order valence-electron chi connectivity index (χ1n) is 6.93. The van der Waals surface area contributed by atoms with Crippen molar-refractivity contribution in [1.29, 1.82) is 0 Å². The maximum Gasteiger partial charge on any atom is 0.160 e. The highest BCUT2D eigenvalue weighted by atomic mass is 16.5. The van der Waals surface area contributed by atoms with Crippen LogP contribution in [0.1, 0.15) is 58.2 Å². The van der Waals surface area contributed by atoms with E-state index in [1.54, 1.807) is 0 Å². The first-order valence-corrected chi connectivity index (χ1v) is 6.93. The molecule has 1 aromatic heterocycles. The lowest BCUT2D eigenvalue weighted by molar-refractivity contribution is 0.0398. The number of aromatic nitrogens is 2. The first kappa shape index (κ1) is 14.2. The van der Waals surface area contributed by atoms with Gasteiger partial charge in [0.05, 0.1) is 5.69 Å². The van der Waals surface area contributed by atoms with Crippen molar-refractivity contribution >= 4 is 5.82 Å². The largest absolute Gasteiger partial charge is 0.370 e. The van der Waals surface area contributed by atoms with Gasteiger partial charge in [0, 0.05) is 18.1 Å². The van der Waals surface area contributed by atoms with Crippen LogP contribution in [0.3, 0.4) is 0 Å². The highest BCUT2D eigenvalue weighted by molar-refractivity contribution is 5.37. The number of ether oxygens (including phenoxy) is 1. The van der Waals surface area contributed by atoms with Crippen molar-refractivity contribution < 1.29 is 4.74 Å². The molecule has 2 rings (SSSR count). The van der Waals surface area contributed by atoms with Gasteiger partial charge in [0.2, 0.25) is 0 Å². The molecule has 1 aliphatic rings. The van der Waals surface area contributed by atoms with Gasteiger partial charge in [0.25, 0.3) is 0 Å². The lowest BCUT2D eigenvalue weighted by Gasteiger charge is -2.22. The Hall–Kier alpha value is -1.20. The van der Waals surface area contributed by atoms with Crippen molar-refractivity contribution in [2.75, 3.05) is 12.0 Å². The highest BCUT2D eigenvalue weighted by Gasteiger charge is 2.35. The fourth-order valence-corrected chi connectivity index (χ4v) is 2.05. The lowest BCUT2D eigenvalue weighted by atomic mass is 9.92. The van der Waals surface area contributed by atoms with E-state index in [4.69, 9.17) is 15.6 Å². The third-order valence-corrected chi connectivity index (χ3v) is 3.31. The van der Waals surface area contributed by atoms with Crippen LogP contribution in [0.2, 0.25) is 0 Å². The Morgan fingerprint density at radius 1 is 1.42 bits per heavy atom. The third-order valence-electron chi connectivity index (χ3n) is 3.31. The van der Waals surface area contributed by atoms with Crippen molar-refractivity contribution in [2.24, 2.45) is 11.8 Å². The van der Waals surface area contributed by atoms with E-state index in [-0.39, 0.29) is 11.5 Å². The summed E-state index contributed by atoms with van der Waals surface area (Å²) in [5.41, 5.74) is 3.57. The van der Waals surface area contributed by atoms with Gasteiger partial charge < -0.3 is 10.2 Å². The predicted octanol–water partition coefficient (Wildman–Crippen LogP) is 2.55. The summed E-state index contributed by atoms with van der Waals surface area (Å²) in [5, 5.41) is 0. The smallest absolute Gasteiger partial charge is 0.160 e. The van der Waals surface area contributed by atoms with Gasteiger partial charge in [-0.1, -0.05) is 20.8 Å². The molecule has 1 aromatic rings. The van der Waals surface area contributed by atoms with Gasteiger partial charge in [-0.15, -0.1) is 0 Å². The maximum atomic E-state index is 5.83. The van der Waals surface area contributed by atoms with E-state index < -0.39 is 0 Å². The Bertz CT molecular complexity index is 438. The number of hydrogen-bond acceptors (Lipinski definition) is 5. The Kier molecular flexibility index (Phi) is 4.06. The van der Waals surface area contributed by atoms with Gasteiger partial charge in [-0.3, -0.25) is 0 Å². The molecule has 1 atom stereocenters. The molecule has 1 unspecified atom stereocenters. The molecular formula is C14H24N4O. The van der Waals surface area contributed by atoms with Crippen LogP contribution in [0, 0.1) is 5.92 Å². The zero-order valence-electron chi connectivity index (χ0n) is 12.2. The van der Waals surface area contributed by atoms with E-state index in [0.29, 0.717) is 18.3 Å². The van der Waals surface area contributed by atoms with E-state index in [1.165, 1.54) is 12.8 Å². The van der Waals surface area contributed by atoms with Crippen LogP contribution in [0.4, 0.5) is 5.82 Å². The number of rotatable bonds is 5. The summed E-state index contributed by atoms with van der Waals surface area (Å²) in [6.45, 7) is 9.07. The quantitative estimate of drug-likeness (QED) is 0.631. The van der Waals surface area contributed by atoms with Crippen LogP contribution in [0.5, 0.6) is 0 Å². The van der Waals surface area contributed by atoms with Gasteiger partial charge in [-0.25, -0.2) is 15.8 Å². The van der Waals surface area contributed by atoms with Crippen LogP contribution in [0.25, 0.3) is 0 Å². The van der Waals surface area contributed by atoms with E-state index in [0.717, 1.165) is 11.5 Å². The van der Waals surface area contributed by atoms with E-state index in [1.807, 2.05) is 13.0 Å². The summed E-state index contributed by atoms with van der Waals surface area (Å²) in [4.78, 5) is 9.17. The molecule has 0 amide bonds. The topological polar surface area (TPSA) is 73.1 Å². The summed E-state index contributed by atoms with van der Waals surface area (Å²) < 4.78 is 5.83. The number of nitrogens with two attached hydrogens (primary N) is 1. The molecule has 0 aromatic carbocycles. The summed E-state index contributed by atoms with van der Waals surface area (Å²) in [7, 11) is 0. The number of nitrogen functional groups attached to an aromatic ring is 1. The number of nitrogens with zero attached hydrogens (tertiary/aromatic N) is 2. The second kappa shape index (κ2) is 5.43. The van der Waals surface area contributed by atoms with Gasteiger partial charge in [0.15, 0.2) is 5.82 Å². The minimum atomic E-state index is -0.0381. The van der Waals surface area contributed by atoms with Crippen LogP contribution >= 0.6 is 0 Å². The normalized spacial score (nSPS) is 17.3. The Balaban J connectivity index is 2.37. The Labute approximate surface area is 114 Å². The standard InChI is InChI=1S/C14H24N4O/c1-5-19-12(9-6-7-9)13-16-10(14(2,3)4)8-11(17-13)18-15/h8-9,12H,5-7,15H2,1-4H3,(H,16,17,18). The van der Waals surface area contributed by atoms with Crippen molar-refractivity contribution in [1.82, 2.24) is 9.97 Å². The molecule has 5 heteroatoms. The summed E-state index contributed by atoms with van der Waals surface area (Å²) in [6, 6.07) is 1.90. The van der Waals surface area contributed by atoms with Crippen molar-refractivity contribution in [3.8, 4) is 0 Å². The molecule has 19 heavy (non-hydrogen) atoms. The zero-order chi connectivity index (χ0) is 14.0. The molecular weight excluding hydrogens is 240 g/mol. The molecule has 3 N–H and O–H groups in total. The molecule has 1 saturated carbocycles. The Morgan fingerprint density at radius 3 is 2.58 bits per heavy atom. The second-order valence-corrected chi connectivity index (χ2v) is 6.10. The van der Waals surface area contributed by atoms with Gasteiger partial charge in [-0.2, -0.15) is 0 Å². The van der Waals surface area contributed by atoms with Crippen molar-refractivity contribution in [3.05, 3.63) is 17.6 Å². The molecule has 0 spiro atoms. The lowest BCUT2D eigenvalue weighted by Crippen LogP contribution is -2.21. The van der Waals surface area contributed by atoms with Gasteiger partial charge >= 0.3 is 0 Å². The average molecular weight is 264 g/mol. The number of hydrogen-bond donors (Lipinski definition) is 2. The first-order chi connectivity index (χ1) is 8.95. The van der Waals surface area contributed by atoms with Crippen LogP contribution < -0.4 is 11.3 Å². The third kappa shape index (κ3) is 3.42. The molecule has 1 fully saturated rings. The summed E-state index contributed by atoms with van der Waals surface area (Å²) in [5.74, 6) is 7.48. The second-order valence-electron chi connectivity index (χ2n) is 6.10. The molecule has 1 aliphatic carbocycles. The molecule has 106 valence electrons. The minimum absolute atomic E-state index is 0.000556. The highest BCUT2D eigenvalue weighted by Crippen LogP contribution is 2.42. The Morgan fingerprint density at radius 2 is 2.11 bits per heavy atom. The fourth-order valence-electron chi connectivity index (χ4n) is 2.05. The van der Waals surface area contributed by atoms with Crippen LogP contribution in [-0.4, -0.2) is 16.6 Å². The predicted molar refractivity (Wildman–Crippen MR) is 75.6 cm³/mol. The number of anilines is 1. The van der Waals surface area contributed by atoms with Crippen LogP contribution in [0.15, 0.2) is 6.07 Å². The SMILES string of the molecule is CCOC(c1nc(NN)cc(C(C)(C)C)n1)C1CC1. The van der Waals surface area contributed by atoms with Gasteiger partial charge in [-0.05, 0) is 25.7 Å². The average Bonchev–Trinajstić information content (AvgIpc) is 3.18. The molecule has 5 nitrogen and oxygen atoms in total. The van der Waals surface area contributed by atoms with E-state index in [9.17, 15) is 0 Å². The molecule has 0 bridgehead atoms. The van der Waals surface area contributed by atoms with E-state index >= 15 is 0 Å². The zero-order valence-corrected chi connectivity index (χ0v) is 12.2. The summed E-state index contributed by atoms with van der Waals surface area (Å²) >= 11 is 0. The van der Waals surface area contributed by atoms with Crippen LogP contribution in [-0.2, 0) is 10.2 Å². The number of nitrogens with one attached hydrogen (secondary N) is 1. The fraction of sp³-hybridized carbons (Fsp3) is 0.714. The molecule has 0 radical (unpaired) electrons. The maximum absolute atomic E-state index is 5.83. The molecule has 1 heterocycles. The van der Waals surface area contributed by atoms with E-state index in [2.05, 4.69) is 31.2 Å².